The number of aromatic nitrogens is 3. The molecule has 0 amide bonds. The van der Waals surface area contributed by atoms with E-state index in [-0.39, 0.29) is 0 Å². The van der Waals surface area contributed by atoms with Crippen molar-refractivity contribution in [2.45, 2.75) is 24.3 Å². The van der Waals surface area contributed by atoms with E-state index in [2.05, 4.69) is 10.2 Å². The van der Waals surface area contributed by atoms with Crippen molar-refractivity contribution < 1.29 is 9.90 Å². The van der Waals surface area contributed by atoms with Crippen LogP contribution in [0.25, 0.3) is 0 Å². The van der Waals surface area contributed by atoms with Crippen LogP contribution < -0.4 is 5.84 Å². The molecule has 0 aliphatic carbocycles. The van der Waals surface area contributed by atoms with E-state index in [1.807, 2.05) is 6.92 Å². The second-order valence-electron chi connectivity index (χ2n) is 3.48. The van der Waals surface area contributed by atoms with E-state index in [0.717, 1.165) is 17.1 Å². The first-order valence-corrected chi connectivity index (χ1v) is 7.06. The minimum atomic E-state index is -0.897. The van der Waals surface area contributed by atoms with Crippen LogP contribution in [-0.2, 0) is 12.2 Å². The SMILES string of the molecule is CCc1nnc(SCc2ccc(C(=O)O)s2)n1N. The van der Waals surface area contributed by atoms with E-state index in [1.165, 1.54) is 27.8 Å². The van der Waals surface area contributed by atoms with Crippen LogP contribution in [0, 0.1) is 0 Å². The summed E-state index contributed by atoms with van der Waals surface area (Å²) in [5, 5.41) is 17.4. The zero-order valence-corrected chi connectivity index (χ0v) is 11.3. The highest BCUT2D eigenvalue weighted by atomic mass is 32.2. The summed E-state index contributed by atoms with van der Waals surface area (Å²) in [6.45, 7) is 1.96. The largest absolute Gasteiger partial charge is 0.477 e. The van der Waals surface area contributed by atoms with Crippen LogP contribution in [0.2, 0.25) is 0 Å². The van der Waals surface area contributed by atoms with E-state index in [9.17, 15) is 4.79 Å². The fourth-order valence-corrected chi connectivity index (χ4v) is 3.12. The second kappa shape index (κ2) is 5.40. The standard InChI is InChI=1S/C10H12N4O2S2/c1-2-8-12-13-10(14(8)11)17-5-6-3-4-7(18-6)9(15)16/h3-4H,2,5,11H2,1H3,(H,15,16). The molecule has 2 aromatic rings. The van der Waals surface area contributed by atoms with Gasteiger partial charge in [-0.05, 0) is 12.1 Å². The van der Waals surface area contributed by atoms with Crippen molar-refractivity contribution in [1.82, 2.24) is 14.9 Å². The summed E-state index contributed by atoms with van der Waals surface area (Å²) in [5.41, 5.74) is 0. The lowest BCUT2D eigenvalue weighted by Crippen LogP contribution is -2.13. The Morgan fingerprint density at radius 3 is 2.89 bits per heavy atom. The highest BCUT2D eigenvalue weighted by Crippen LogP contribution is 2.25. The van der Waals surface area contributed by atoms with Crippen molar-refractivity contribution in [1.29, 1.82) is 0 Å². The highest BCUT2D eigenvalue weighted by Gasteiger charge is 2.11. The first-order valence-electron chi connectivity index (χ1n) is 5.26. The molecule has 0 saturated carbocycles. The van der Waals surface area contributed by atoms with Crippen LogP contribution in [0.4, 0.5) is 0 Å². The molecular weight excluding hydrogens is 272 g/mol. The van der Waals surface area contributed by atoms with Crippen LogP contribution in [0.1, 0.15) is 27.3 Å². The quantitative estimate of drug-likeness (QED) is 0.640. The van der Waals surface area contributed by atoms with Crippen LogP contribution in [0.15, 0.2) is 17.3 Å². The Morgan fingerprint density at radius 1 is 1.56 bits per heavy atom. The van der Waals surface area contributed by atoms with Gasteiger partial charge in [-0.15, -0.1) is 21.5 Å². The Labute approximate surface area is 112 Å². The van der Waals surface area contributed by atoms with Crippen molar-refractivity contribution in [2.24, 2.45) is 0 Å². The zero-order chi connectivity index (χ0) is 13.1. The molecular formula is C10H12N4O2S2. The number of nitrogen functional groups attached to an aromatic ring is 1. The fraction of sp³-hybridized carbons (Fsp3) is 0.300. The van der Waals surface area contributed by atoms with Gasteiger partial charge in [-0.2, -0.15) is 0 Å². The minimum absolute atomic E-state index is 0.342. The number of aryl methyl sites for hydroxylation is 1. The third-order valence-corrected chi connectivity index (χ3v) is 4.52. The lowest BCUT2D eigenvalue weighted by atomic mass is 10.4. The maximum absolute atomic E-state index is 10.7. The Hall–Kier alpha value is -1.54. The molecule has 0 saturated heterocycles. The molecule has 0 unspecified atom stereocenters. The molecule has 96 valence electrons. The molecule has 2 rings (SSSR count). The van der Waals surface area contributed by atoms with E-state index in [0.29, 0.717) is 15.8 Å². The number of carboxylic acid groups (broad SMARTS) is 1. The Bertz CT molecular complexity index is 564. The lowest BCUT2D eigenvalue weighted by Gasteiger charge is -2.00. The normalized spacial score (nSPS) is 10.7. The smallest absolute Gasteiger partial charge is 0.345 e. The Morgan fingerprint density at radius 2 is 2.33 bits per heavy atom. The number of nitrogens with two attached hydrogens (primary N) is 1. The zero-order valence-electron chi connectivity index (χ0n) is 9.66. The Balaban J connectivity index is 2.02. The van der Waals surface area contributed by atoms with Crippen molar-refractivity contribution >= 4 is 29.1 Å². The summed E-state index contributed by atoms with van der Waals surface area (Å²) < 4.78 is 1.47. The predicted octanol–water partition coefficient (Wildman–Crippen LogP) is 1.61. The van der Waals surface area contributed by atoms with Crippen LogP contribution >= 0.6 is 23.1 Å². The number of carboxylic acids is 1. The van der Waals surface area contributed by atoms with Gasteiger partial charge in [-0.25, -0.2) is 9.47 Å². The third kappa shape index (κ3) is 2.65. The number of thioether (sulfide) groups is 1. The molecule has 0 radical (unpaired) electrons. The number of hydrogen-bond acceptors (Lipinski definition) is 6. The Kier molecular flexibility index (Phi) is 3.87. The predicted molar refractivity (Wildman–Crippen MR) is 70.4 cm³/mol. The van der Waals surface area contributed by atoms with Gasteiger partial charge in [-0.3, -0.25) is 0 Å². The van der Waals surface area contributed by atoms with Gasteiger partial charge in [-0.1, -0.05) is 18.7 Å². The molecule has 6 nitrogen and oxygen atoms in total. The molecule has 18 heavy (non-hydrogen) atoms. The van der Waals surface area contributed by atoms with E-state index >= 15 is 0 Å². The van der Waals surface area contributed by atoms with Crippen LogP contribution in [-0.4, -0.2) is 25.9 Å². The number of hydrogen-bond donors (Lipinski definition) is 2. The second-order valence-corrected chi connectivity index (χ2v) is 5.59. The molecule has 0 aromatic carbocycles. The highest BCUT2D eigenvalue weighted by molar-refractivity contribution is 7.98. The van der Waals surface area contributed by atoms with Gasteiger partial charge in [0, 0.05) is 17.1 Å². The summed E-state index contributed by atoms with van der Waals surface area (Å²) in [5.74, 6) is 6.28. The maximum Gasteiger partial charge on any atom is 0.345 e. The number of thiophene rings is 1. The summed E-state index contributed by atoms with van der Waals surface area (Å²) in [6, 6.07) is 3.41. The molecule has 0 bridgehead atoms. The summed E-state index contributed by atoms with van der Waals surface area (Å²) >= 11 is 2.70. The van der Waals surface area contributed by atoms with Crippen molar-refractivity contribution in [2.75, 3.05) is 5.84 Å². The molecule has 0 aliphatic heterocycles. The molecule has 8 heteroatoms. The van der Waals surface area contributed by atoms with Gasteiger partial charge in [0.25, 0.3) is 0 Å². The minimum Gasteiger partial charge on any atom is -0.477 e. The van der Waals surface area contributed by atoms with Gasteiger partial charge in [0.1, 0.15) is 4.88 Å². The monoisotopic (exact) mass is 284 g/mol. The molecule has 0 spiro atoms. The first-order chi connectivity index (χ1) is 8.61. The molecule has 0 fully saturated rings. The topological polar surface area (TPSA) is 94.0 Å². The molecule has 0 aliphatic rings. The molecule has 2 heterocycles. The van der Waals surface area contributed by atoms with E-state index < -0.39 is 5.97 Å². The van der Waals surface area contributed by atoms with Gasteiger partial charge < -0.3 is 10.9 Å². The maximum atomic E-state index is 10.7. The number of carbonyl (C=O) groups is 1. The average Bonchev–Trinajstić information content (AvgIpc) is 2.93. The van der Waals surface area contributed by atoms with Gasteiger partial charge in [0.15, 0.2) is 5.82 Å². The van der Waals surface area contributed by atoms with Gasteiger partial charge in [0.2, 0.25) is 5.16 Å². The number of rotatable bonds is 5. The average molecular weight is 284 g/mol. The summed E-state index contributed by atoms with van der Waals surface area (Å²) in [6.07, 6.45) is 0.728. The summed E-state index contributed by atoms with van der Waals surface area (Å²) in [4.78, 5) is 12.1. The van der Waals surface area contributed by atoms with Crippen LogP contribution in [0.3, 0.4) is 0 Å². The molecule has 3 N–H and O–H groups in total. The third-order valence-electron chi connectivity index (χ3n) is 2.27. The molecule has 0 atom stereocenters. The summed E-state index contributed by atoms with van der Waals surface area (Å²) in [7, 11) is 0. The fourth-order valence-electron chi connectivity index (χ4n) is 1.35. The van der Waals surface area contributed by atoms with Gasteiger partial charge >= 0.3 is 5.97 Å². The van der Waals surface area contributed by atoms with Crippen molar-refractivity contribution in [3.8, 4) is 0 Å². The van der Waals surface area contributed by atoms with Gasteiger partial charge in [0.05, 0.1) is 0 Å². The number of nitrogens with zero attached hydrogens (tertiary/aromatic N) is 3. The van der Waals surface area contributed by atoms with Crippen LogP contribution in [0.5, 0.6) is 0 Å². The van der Waals surface area contributed by atoms with E-state index in [4.69, 9.17) is 10.9 Å². The van der Waals surface area contributed by atoms with E-state index in [1.54, 1.807) is 12.1 Å². The lowest BCUT2D eigenvalue weighted by molar-refractivity contribution is 0.0702. The number of aromatic carboxylic acids is 1. The van der Waals surface area contributed by atoms with Crippen molar-refractivity contribution in [3.05, 3.63) is 27.7 Å². The molecule has 2 aromatic heterocycles. The first kappa shape index (κ1) is 12.9. The van der Waals surface area contributed by atoms with Crippen molar-refractivity contribution in [3.63, 3.8) is 0 Å².